The second-order valence-corrected chi connectivity index (χ2v) is 2.43. The third-order valence-electron chi connectivity index (χ3n) is 1.41. The van der Waals surface area contributed by atoms with Crippen molar-refractivity contribution < 1.29 is 4.74 Å². The summed E-state index contributed by atoms with van der Waals surface area (Å²) in [6, 6.07) is 0. The van der Waals surface area contributed by atoms with E-state index < -0.39 is 0 Å². The largest absolute Gasteiger partial charge is 0.499 e. The molecule has 0 N–H and O–H groups in total. The Morgan fingerprint density at radius 2 is 2.00 bits per heavy atom. The molecule has 0 aliphatic heterocycles. The molecule has 1 nitrogen and oxygen atoms in total. The third-order valence-corrected chi connectivity index (χ3v) is 1.41. The molecule has 10 heavy (non-hydrogen) atoms. The van der Waals surface area contributed by atoms with E-state index in [2.05, 4.69) is 13.5 Å². The molecule has 0 aliphatic rings. The van der Waals surface area contributed by atoms with Crippen molar-refractivity contribution in [2.45, 2.75) is 39.5 Å². The van der Waals surface area contributed by atoms with Gasteiger partial charge in [-0.05, 0) is 13.3 Å². The van der Waals surface area contributed by atoms with Gasteiger partial charge in [0.05, 0.1) is 12.4 Å². The fourth-order valence-corrected chi connectivity index (χ4v) is 0.848. The van der Waals surface area contributed by atoms with Crippen molar-refractivity contribution in [3.8, 4) is 0 Å². The molecule has 0 bridgehead atoms. The minimum absolute atomic E-state index is 0.755. The number of unbranched alkanes of at least 4 members (excludes halogenated alkanes) is 2. The Hall–Kier alpha value is -0.460. The molecular weight excluding hydrogens is 124 g/mol. The van der Waals surface area contributed by atoms with Gasteiger partial charge in [-0.2, -0.15) is 0 Å². The van der Waals surface area contributed by atoms with E-state index in [1.54, 1.807) is 0 Å². The molecule has 0 aliphatic carbocycles. The number of hydrogen-bond donors (Lipinski definition) is 0. The third kappa shape index (κ3) is 5.67. The minimum Gasteiger partial charge on any atom is -0.499 e. The average Bonchev–Trinajstić information content (AvgIpc) is 1.89. The van der Waals surface area contributed by atoms with Crippen molar-refractivity contribution in [3.63, 3.8) is 0 Å². The van der Waals surface area contributed by atoms with Gasteiger partial charge in [-0.15, -0.1) is 0 Å². The van der Waals surface area contributed by atoms with Crippen LogP contribution in [-0.2, 0) is 4.74 Å². The van der Waals surface area contributed by atoms with Crippen LogP contribution in [-0.4, -0.2) is 6.61 Å². The van der Waals surface area contributed by atoms with Gasteiger partial charge < -0.3 is 4.74 Å². The minimum atomic E-state index is 0.755. The molecule has 0 aromatic rings. The summed E-state index contributed by atoms with van der Waals surface area (Å²) < 4.78 is 5.19. The smallest absolute Gasteiger partial charge is 0.0888 e. The second kappa shape index (κ2) is 6.66. The van der Waals surface area contributed by atoms with Gasteiger partial charge in [0.1, 0.15) is 0 Å². The van der Waals surface area contributed by atoms with Gasteiger partial charge in [0, 0.05) is 6.42 Å². The Bertz CT molecular complexity index is 86.7. The van der Waals surface area contributed by atoms with Gasteiger partial charge in [0.15, 0.2) is 0 Å². The summed E-state index contributed by atoms with van der Waals surface area (Å²) in [5, 5.41) is 0. The van der Waals surface area contributed by atoms with Crippen molar-refractivity contribution in [1.29, 1.82) is 0 Å². The van der Waals surface area contributed by atoms with E-state index in [-0.39, 0.29) is 0 Å². The first-order chi connectivity index (χ1) is 4.81. The number of rotatable bonds is 6. The number of hydrogen-bond acceptors (Lipinski definition) is 1. The Morgan fingerprint density at radius 1 is 1.30 bits per heavy atom. The lowest BCUT2D eigenvalue weighted by atomic mass is 10.2. The van der Waals surface area contributed by atoms with Crippen molar-refractivity contribution in [3.05, 3.63) is 12.3 Å². The van der Waals surface area contributed by atoms with E-state index >= 15 is 0 Å². The molecule has 60 valence electrons. The average molecular weight is 142 g/mol. The first-order valence-electron chi connectivity index (χ1n) is 4.11. The monoisotopic (exact) mass is 142 g/mol. The molecule has 0 saturated carbocycles. The SMILES string of the molecule is C=C(CCCCC)OCC. The molecular formula is C9H18O. The summed E-state index contributed by atoms with van der Waals surface area (Å²) in [7, 11) is 0. The first kappa shape index (κ1) is 9.54. The zero-order valence-corrected chi connectivity index (χ0v) is 7.15. The Balaban J connectivity index is 3.05. The van der Waals surface area contributed by atoms with Crippen molar-refractivity contribution in [1.82, 2.24) is 0 Å². The molecule has 0 saturated heterocycles. The Morgan fingerprint density at radius 3 is 2.50 bits per heavy atom. The van der Waals surface area contributed by atoms with Gasteiger partial charge in [0.2, 0.25) is 0 Å². The van der Waals surface area contributed by atoms with Gasteiger partial charge >= 0.3 is 0 Å². The van der Waals surface area contributed by atoms with Crippen LogP contribution in [0.1, 0.15) is 39.5 Å². The highest BCUT2D eigenvalue weighted by atomic mass is 16.5. The summed E-state index contributed by atoms with van der Waals surface area (Å²) in [5.41, 5.74) is 0. The number of allylic oxidation sites excluding steroid dienone is 1. The molecule has 0 atom stereocenters. The van der Waals surface area contributed by atoms with E-state index in [1.807, 2.05) is 6.92 Å². The summed E-state index contributed by atoms with van der Waals surface area (Å²) in [4.78, 5) is 0. The van der Waals surface area contributed by atoms with Crippen LogP contribution in [0.3, 0.4) is 0 Å². The molecule has 0 amide bonds. The summed E-state index contributed by atoms with van der Waals surface area (Å²) >= 11 is 0. The van der Waals surface area contributed by atoms with Crippen LogP contribution in [0.5, 0.6) is 0 Å². The van der Waals surface area contributed by atoms with E-state index in [0.29, 0.717) is 0 Å². The normalized spacial score (nSPS) is 9.40. The summed E-state index contributed by atoms with van der Waals surface area (Å²) in [6.07, 6.45) is 4.79. The van der Waals surface area contributed by atoms with Crippen LogP contribution < -0.4 is 0 Å². The highest BCUT2D eigenvalue weighted by Gasteiger charge is 1.91. The number of ether oxygens (including phenoxy) is 1. The van der Waals surface area contributed by atoms with Crippen molar-refractivity contribution in [2.75, 3.05) is 6.61 Å². The molecule has 1 heteroatoms. The molecule has 0 aromatic carbocycles. The maximum Gasteiger partial charge on any atom is 0.0888 e. The molecule has 0 unspecified atom stereocenters. The zero-order valence-electron chi connectivity index (χ0n) is 7.15. The van der Waals surface area contributed by atoms with E-state index in [4.69, 9.17) is 4.74 Å². The second-order valence-electron chi connectivity index (χ2n) is 2.43. The predicted octanol–water partition coefficient (Wildman–Crippen LogP) is 3.12. The molecule has 0 radical (unpaired) electrons. The topological polar surface area (TPSA) is 9.23 Å². The van der Waals surface area contributed by atoms with Crippen molar-refractivity contribution >= 4 is 0 Å². The van der Waals surface area contributed by atoms with E-state index in [0.717, 1.165) is 18.8 Å². The van der Waals surface area contributed by atoms with Crippen LogP contribution >= 0.6 is 0 Å². The molecule has 0 heterocycles. The first-order valence-corrected chi connectivity index (χ1v) is 4.11. The van der Waals surface area contributed by atoms with Crippen LogP contribution in [0, 0.1) is 0 Å². The lowest BCUT2D eigenvalue weighted by molar-refractivity contribution is 0.218. The molecule has 0 rings (SSSR count). The maximum atomic E-state index is 5.19. The standard InChI is InChI=1S/C9H18O/c1-4-6-7-8-9(3)10-5-2/h3-8H2,1-2H3. The zero-order chi connectivity index (χ0) is 7.82. The summed E-state index contributed by atoms with van der Waals surface area (Å²) in [5.74, 6) is 0.941. The van der Waals surface area contributed by atoms with Gasteiger partial charge in [-0.3, -0.25) is 0 Å². The highest BCUT2D eigenvalue weighted by Crippen LogP contribution is 2.07. The van der Waals surface area contributed by atoms with Crippen LogP contribution in [0.2, 0.25) is 0 Å². The Kier molecular flexibility index (Phi) is 6.35. The lowest BCUT2D eigenvalue weighted by Gasteiger charge is -2.04. The quantitative estimate of drug-likeness (QED) is 0.409. The summed E-state index contributed by atoms with van der Waals surface area (Å²) in [6.45, 7) is 8.74. The van der Waals surface area contributed by atoms with Gasteiger partial charge in [-0.1, -0.05) is 26.3 Å². The van der Waals surface area contributed by atoms with Crippen LogP contribution in [0.25, 0.3) is 0 Å². The predicted molar refractivity (Wildman–Crippen MR) is 44.9 cm³/mol. The molecule has 0 spiro atoms. The Labute approximate surface area is 64.1 Å². The maximum absolute atomic E-state index is 5.19. The van der Waals surface area contributed by atoms with Gasteiger partial charge in [0.25, 0.3) is 0 Å². The van der Waals surface area contributed by atoms with Gasteiger partial charge in [-0.25, -0.2) is 0 Å². The van der Waals surface area contributed by atoms with Crippen LogP contribution in [0.15, 0.2) is 12.3 Å². The molecule has 0 aromatic heterocycles. The molecule has 0 fully saturated rings. The van der Waals surface area contributed by atoms with Crippen molar-refractivity contribution in [2.24, 2.45) is 0 Å². The van der Waals surface area contributed by atoms with E-state index in [1.165, 1.54) is 19.3 Å². The fraction of sp³-hybridized carbons (Fsp3) is 0.778. The highest BCUT2D eigenvalue weighted by molar-refractivity contribution is 4.81. The fourth-order valence-electron chi connectivity index (χ4n) is 0.848. The van der Waals surface area contributed by atoms with E-state index in [9.17, 15) is 0 Å². The van der Waals surface area contributed by atoms with Crippen LogP contribution in [0.4, 0.5) is 0 Å². The lowest BCUT2D eigenvalue weighted by Crippen LogP contribution is -1.89.